The van der Waals surface area contributed by atoms with Crippen LogP contribution in [0.3, 0.4) is 0 Å². The van der Waals surface area contributed by atoms with Crippen molar-refractivity contribution in [1.29, 1.82) is 0 Å². The molecule has 0 amide bonds. The third-order valence-corrected chi connectivity index (χ3v) is 2.22. The fraction of sp³-hybridized carbons (Fsp3) is 0.143. The molecule has 0 unspecified atom stereocenters. The Balaban J connectivity index is 2.50. The predicted octanol–water partition coefficient (Wildman–Crippen LogP) is 0.0539. The van der Waals surface area contributed by atoms with E-state index in [2.05, 4.69) is 3.73 Å². The monoisotopic (exact) mass is 232 g/mol. The van der Waals surface area contributed by atoms with Gasteiger partial charge in [0.05, 0.1) is 0 Å². The normalized spacial score (nSPS) is 11.5. The Morgan fingerprint density at radius 2 is 1.83 bits per heavy atom. The van der Waals surface area contributed by atoms with Gasteiger partial charge in [-0.1, -0.05) is 0 Å². The van der Waals surface area contributed by atoms with E-state index in [1.54, 1.807) is 24.3 Å². The van der Waals surface area contributed by atoms with Crippen molar-refractivity contribution in [1.82, 2.24) is 0 Å². The average molecular weight is 232 g/mol. The molecule has 4 nitrogen and oxygen atoms in total. The first-order valence-electron chi connectivity index (χ1n) is 3.32. The summed E-state index contributed by atoms with van der Waals surface area (Å²) in [5.74, 6) is 0. The second-order valence-corrected chi connectivity index (χ2v) is 4.85. The molecule has 0 atom stereocenters. The molecule has 0 saturated heterocycles. The van der Waals surface area contributed by atoms with Gasteiger partial charge in [0.25, 0.3) is 0 Å². The molecule has 0 heterocycles. The Hall–Kier alpha value is -0.542. The summed E-state index contributed by atoms with van der Waals surface area (Å²) in [7, 11) is 0. The summed E-state index contributed by atoms with van der Waals surface area (Å²) in [6, 6.07) is 8.87. The van der Waals surface area contributed by atoms with Gasteiger partial charge in [0.1, 0.15) is 0 Å². The Morgan fingerprint density at radius 3 is 2.33 bits per heavy atom. The average Bonchev–Trinajstić information content (AvgIpc) is 2.02. The molecule has 0 aliphatic heterocycles. The summed E-state index contributed by atoms with van der Waals surface area (Å²) in [5, 5.41) is 0. The zero-order valence-electron chi connectivity index (χ0n) is 6.25. The number of benzene rings is 1. The SMILES string of the molecule is O=[As](O)(O)OCc1ccccc1. The molecule has 0 saturated carbocycles. The molecule has 1 aromatic carbocycles. The first-order chi connectivity index (χ1) is 5.58. The summed E-state index contributed by atoms with van der Waals surface area (Å²) in [6.45, 7) is -0.0374. The zero-order chi connectivity index (χ0) is 9.03. The number of hydrogen-bond donors (Lipinski definition) is 2. The Labute approximate surface area is 73.2 Å². The first kappa shape index (κ1) is 9.55. The second kappa shape index (κ2) is 3.92. The molecule has 0 radical (unpaired) electrons. The molecule has 0 spiro atoms. The quantitative estimate of drug-likeness (QED) is 0.723. The fourth-order valence-corrected chi connectivity index (χ4v) is 1.40. The third kappa shape index (κ3) is 3.74. The fourth-order valence-electron chi connectivity index (χ4n) is 0.733. The van der Waals surface area contributed by atoms with E-state index in [4.69, 9.17) is 8.19 Å². The molecule has 2 N–H and O–H groups in total. The van der Waals surface area contributed by atoms with Crippen LogP contribution in [0.5, 0.6) is 0 Å². The van der Waals surface area contributed by atoms with E-state index in [-0.39, 0.29) is 6.61 Å². The van der Waals surface area contributed by atoms with E-state index in [0.29, 0.717) is 0 Å². The van der Waals surface area contributed by atoms with Crippen LogP contribution in [0.25, 0.3) is 0 Å². The van der Waals surface area contributed by atoms with Crippen LogP contribution < -0.4 is 0 Å². The van der Waals surface area contributed by atoms with Crippen LogP contribution in [-0.4, -0.2) is 22.7 Å². The summed E-state index contributed by atoms with van der Waals surface area (Å²) in [6.07, 6.45) is 0. The molecule has 0 aromatic heterocycles. The first-order valence-corrected chi connectivity index (χ1v) is 6.53. The van der Waals surface area contributed by atoms with Crippen LogP contribution in [0.15, 0.2) is 30.3 Å². The molecule has 5 heteroatoms. The van der Waals surface area contributed by atoms with Gasteiger partial charge in [-0.05, 0) is 0 Å². The van der Waals surface area contributed by atoms with Crippen molar-refractivity contribution in [2.75, 3.05) is 0 Å². The molecule has 66 valence electrons. The van der Waals surface area contributed by atoms with Crippen LogP contribution in [0.2, 0.25) is 0 Å². The minimum atomic E-state index is -4.90. The van der Waals surface area contributed by atoms with Crippen molar-refractivity contribution >= 4 is 14.5 Å². The van der Waals surface area contributed by atoms with Crippen molar-refractivity contribution in [2.45, 2.75) is 6.61 Å². The van der Waals surface area contributed by atoms with Gasteiger partial charge in [0.15, 0.2) is 0 Å². The topological polar surface area (TPSA) is 66.8 Å². The Bertz CT molecular complexity index is 279. The molecule has 0 bridgehead atoms. The molecule has 1 aromatic rings. The van der Waals surface area contributed by atoms with Crippen molar-refractivity contribution in [2.24, 2.45) is 0 Å². The van der Waals surface area contributed by atoms with E-state index < -0.39 is 14.5 Å². The Morgan fingerprint density at radius 1 is 1.25 bits per heavy atom. The zero-order valence-corrected chi connectivity index (χ0v) is 8.13. The van der Waals surface area contributed by atoms with E-state index in [0.717, 1.165) is 5.56 Å². The van der Waals surface area contributed by atoms with Crippen molar-refractivity contribution in [3.8, 4) is 0 Å². The van der Waals surface area contributed by atoms with Crippen molar-refractivity contribution in [3.05, 3.63) is 35.9 Å². The van der Waals surface area contributed by atoms with Crippen molar-refractivity contribution < 1.29 is 15.7 Å². The molecular weight excluding hydrogens is 223 g/mol. The summed E-state index contributed by atoms with van der Waals surface area (Å²) in [5.41, 5.74) is 0.752. The molecule has 12 heavy (non-hydrogen) atoms. The number of rotatable bonds is 3. The van der Waals surface area contributed by atoms with E-state index >= 15 is 0 Å². The molecule has 0 fully saturated rings. The van der Waals surface area contributed by atoms with Crippen LogP contribution in [0.4, 0.5) is 0 Å². The summed E-state index contributed by atoms with van der Waals surface area (Å²) < 4.78 is 31.5. The van der Waals surface area contributed by atoms with Crippen LogP contribution in [-0.2, 0) is 14.1 Å². The van der Waals surface area contributed by atoms with Gasteiger partial charge in [0, 0.05) is 0 Å². The third-order valence-electron chi connectivity index (χ3n) is 1.24. The van der Waals surface area contributed by atoms with Gasteiger partial charge in [-0.3, -0.25) is 0 Å². The maximum absolute atomic E-state index is 10.3. The maximum atomic E-state index is 10.3. The van der Waals surface area contributed by atoms with Crippen LogP contribution >= 0.6 is 0 Å². The standard InChI is InChI=1S/C7H9AsO4/c9-8(10,11)12-6-7-4-2-1-3-5-7/h1-5H,6H2,(H2,9,10,11). The Kier molecular flexibility index (Phi) is 3.11. The molecule has 1 rings (SSSR count). The molecule has 0 aliphatic rings. The van der Waals surface area contributed by atoms with Crippen molar-refractivity contribution in [3.63, 3.8) is 0 Å². The number of hydrogen-bond acceptors (Lipinski definition) is 2. The molecular formula is C7H9AsO4. The van der Waals surface area contributed by atoms with Gasteiger partial charge >= 0.3 is 72.7 Å². The van der Waals surface area contributed by atoms with E-state index in [9.17, 15) is 3.74 Å². The van der Waals surface area contributed by atoms with E-state index in [1.165, 1.54) is 0 Å². The van der Waals surface area contributed by atoms with Crippen LogP contribution in [0.1, 0.15) is 5.56 Å². The van der Waals surface area contributed by atoms with Crippen LogP contribution in [0, 0.1) is 0 Å². The predicted molar refractivity (Wildman–Crippen MR) is 42.1 cm³/mol. The van der Waals surface area contributed by atoms with E-state index in [1.807, 2.05) is 6.07 Å². The van der Waals surface area contributed by atoms with Gasteiger partial charge in [-0.2, -0.15) is 0 Å². The summed E-state index contributed by atoms with van der Waals surface area (Å²) >= 11 is -4.90. The van der Waals surface area contributed by atoms with Gasteiger partial charge in [-0.15, -0.1) is 0 Å². The van der Waals surface area contributed by atoms with Gasteiger partial charge in [-0.25, -0.2) is 0 Å². The minimum absolute atomic E-state index is 0.0374. The second-order valence-electron chi connectivity index (χ2n) is 2.25. The summed E-state index contributed by atoms with van der Waals surface area (Å²) in [4.78, 5) is 0. The van der Waals surface area contributed by atoms with Gasteiger partial charge < -0.3 is 0 Å². The molecule has 0 aliphatic carbocycles. The van der Waals surface area contributed by atoms with Gasteiger partial charge in [0.2, 0.25) is 0 Å².